The molecule has 0 fully saturated rings. The third-order valence-electron chi connectivity index (χ3n) is 2.89. The van der Waals surface area contributed by atoms with Crippen molar-refractivity contribution in [1.82, 2.24) is 19.7 Å². The molecule has 2 aromatic heterocycles. The lowest BCUT2D eigenvalue weighted by Crippen LogP contribution is -1.97. The molecule has 8 heteroatoms. The molecule has 3 aromatic rings. The van der Waals surface area contributed by atoms with Crippen LogP contribution in [-0.4, -0.2) is 24.9 Å². The van der Waals surface area contributed by atoms with Gasteiger partial charge in [-0.1, -0.05) is 23.2 Å². The van der Waals surface area contributed by atoms with Gasteiger partial charge in [0, 0.05) is 18.8 Å². The van der Waals surface area contributed by atoms with Crippen molar-refractivity contribution >= 4 is 40.2 Å². The van der Waals surface area contributed by atoms with Gasteiger partial charge in [0.1, 0.15) is 5.69 Å². The lowest BCUT2D eigenvalue weighted by molar-refractivity contribution is 0.476. The molecule has 0 spiro atoms. The summed E-state index contributed by atoms with van der Waals surface area (Å²) in [6.45, 7) is 0. The first-order valence-corrected chi connectivity index (χ1v) is 6.36. The second-order valence-electron chi connectivity index (χ2n) is 4.23. The molecule has 102 valence electrons. The molecule has 0 bridgehead atoms. The third-order valence-corrected chi connectivity index (χ3v) is 3.47. The number of aromatic nitrogens is 4. The molecule has 0 saturated heterocycles. The molecule has 2 heterocycles. The molecule has 0 unspecified atom stereocenters. The van der Waals surface area contributed by atoms with E-state index in [9.17, 15) is 5.11 Å². The number of aromatic hydroxyl groups is 1. The summed E-state index contributed by atoms with van der Waals surface area (Å²) in [5.74, 6) is 0.0200. The molecule has 0 amide bonds. The Kier molecular flexibility index (Phi) is 2.92. The summed E-state index contributed by atoms with van der Waals surface area (Å²) >= 11 is 11.9. The molecule has 20 heavy (non-hydrogen) atoms. The molecule has 0 aliphatic heterocycles. The molecule has 0 aliphatic rings. The van der Waals surface area contributed by atoms with Crippen LogP contribution in [-0.2, 0) is 7.05 Å². The summed E-state index contributed by atoms with van der Waals surface area (Å²) in [7, 11) is 1.75. The number of halogens is 2. The van der Waals surface area contributed by atoms with Gasteiger partial charge in [0.25, 0.3) is 0 Å². The smallest absolute Gasteiger partial charge is 0.222 e. The predicted molar refractivity (Wildman–Crippen MR) is 77.8 cm³/mol. The van der Waals surface area contributed by atoms with E-state index in [0.717, 1.165) is 5.39 Å². The maximum Gasteiger partial charge on any atom is 0.222 e. The highest BCUT2D eigenvalue weighted by Gasteiger charge is 2.15. The number of nitrogen functional groups attached to an aromatic ring is 1. The van der Waals surface area contributed by atoms with Gasteiger partial charge in [-0.05, 0) is 12.1 Å². The van der Waals surface area contributed by atoms with Crippen LogP contribution in [0.25, 0.3) is 22.3 Å². The highest BCUT2D eigenvalue weighted by molar-refractivity contribution is 6.37. The normalized spacial score (nSPS) is 11.2. The van der Waals surface area contributed by atoms with Crippen LogP contribution in [0.1, 0.15) is 0 Å². The van der Waals surface area contributed by atoms with E-state index < -0.39 is 0 Å². The Balaban J connectivity index is 2.30. The number of fused-ring (bicyclic) bond motifs is 1. The topological polar surface area (TPSA) is 89.8 Å². The van der Waals surface area contributed by atoms with Crippen LogP contribution in [0.3, 0.4) is 0 Å². The van der Waals surface area contributed by atoms with E-state index in [-0.39, 0.29) is 21.7 Å². The second-order valence-corrected chi connectivity index (χ2v) is 5.04. The first-order valence-electron chi connectivity index (χ1n) is 5.61. The van der Waals surface area contributed by atoms with E-state index in [1.54, 1.807) is 30.1 Å². The van der Waals surface area contributed by atoms with Crippen molar-refractivity contribution in [2.24, 2.45) is 7.05 Å². The number of phenols is 1. The van der Waals surface area contributed by atoms with Crippen LogP contribution in [0.4, 0.5) is 5.95 Å². The maximum absolute atomic E-state index is 9.60. The summed E-state index contributed by atoms with van der Waals surface area (Å²) in [5.41, 5.74) is 7.46. The molecular weight excluding hydrogens is 301 g/mol. The van der Waals surface area contributed by atoms with E-state index in [1.165, 1.54) is 0 Å². The van der Waals surface area contributed by atoms with Gasteiger partial charge in [-0.15, -0.1) is 0 Å². The number of rotatable bonds is 1. The average molecular weight is 310 g/mol. The van der Waals surface area contributed by atoms with Crippen molar-refractivity contribution in [3.63, 3.8) is 0 Å². The van der Waals surface area contributed by atoms with Crippen molar-refractivity contribution in [1.29, 1.82) is 0 Å². The lowest BCUT2D eigenvalue weighted by atomic mass is 10.1. The first kappa shape index (κ1) is 13.0. The summed E-state index contributed by atoms with van der Waals surface area (Å²) in [6.07, 6.45) is 1.59. The fraction of sp³-hybridized carbons (Fsp3) is 0.0833. The minimum atomic E-state index is -0.155. The summed E-state index contributed by atoms with van der Waals surface area (Å²) in [4.78, 5) is 8.10. The van der Waals surface area contributed by atoms with Crippen LogP contribution in [0, 0.1) is 0 Å². The zero-order valence-corrected chi connectivity index (χ0v) is 11.8. The van der Waals surface area contributed by atoms with Crippen LogP contribution in [0.15, 0.2) is 18.3 Å². The molecule has 3 rings (SSSR count). The number of nitrogens with zero attached hydrogens (tertiary/aromatic N) is 4. The standard InChI is InChI=1S/C12H9Cl2N5O/c1-19-11-6(4-16-12(15)17-11)9(18-19)5-2-7(13)10(20)8(14)3-5/h2-4,20H,1H3,(H2,15,16,17). The number of hydrogen-bond acceptors (Lipinski definition) is 5. The minimum Gasteiger partial charge on any atom is -0.505 e. The summed E-state index contributed by atoms with van der Waals surface area (Å²) < 4.78 is 1.59. The van der Waals surface area contributed by atoms with Crippen molar-refractivity contribution in [2.45, 2.75) is 0 Å². The third kappa shape index (κ3) is 1.93. The van der Waals surface area contributed by atoms with Crippen molar-refractivity contribution in [3.05, 3.63) is 28.4 Å². The number of benzene rings is 1. The van der Waals surface area contributed by atoms with E-state index in [1.807, 2.05) is 0 Å². The predicted octanol–water partition coefficient (Wildman–Crippen LogP) is 2.62. The van der Waals surface area contributed by atoms with E-state index >= 15 is 0 Å². The lowest BCUT2D eigenvalue weighted by Gasteiger charge is -2.03. The summed E-state index contributed by atoms with van der Waals surface area (Å²) in [6, 6.07) is 3.17. The molecule has 0 radical (unpaired) electrons. The summed E-state index contributed by atoms with van der Waals surface area (Å²) in [5, 5.41) is 15.0. The number of hydrogen-bond donors (Lipinski definition) is 2. The highest BCUT2D eigenvalue weighted by atomic mass is 35.5. The van der Waals surface area contributed by atoms with Crippen LogP contribution in [0.5, 0.6) is 5.75 Å². The first-order chi connectivity index (χ1) is 9.47. The van der Waals surface area contributed by atoms with E-state index in [0.29, 0.717) is 16.9 Å². The Hall–Kier alpha value is -2.05. The van der Waals surface area contributed by atoms with Gasteiger partial charge in [0.15, 0.2) is 11.4 Å². The molecule has 0 aliphatic carbocycles. The van der Waals surface area contributed by atoms with Gasteiger partial charge in [0.05, 0.1) is 15.4 Å². The van der Waals surface area contributed by atoms with Gasteiger partial charge in [-0.2, -0.15) is 10.1 Å². The Bertz CT molecular complexity index is 807. The number of phenolic OH excluding ortho intramolecular Hbond substituents is 1. The zero-order chi connectivity index (χ0) is 14.4. The molecule has 6 nitrogen and oxygen atoms in total. The van der Waals surface area contributed by atoms with Crippen LogP contribution in [0.2, 0.25) is 10.0 Å². The maximum atomic E-state index is 9.60. The molecular formula is C12H9Cl2N5O. The highest BCUT2D eigenvalue weighted by Crippen LogP contribution is 2.37. The average Bonchev–Trinajstić information content (AvgIpc) is 2.72. The van der Waals surface area contributed by atoms with Crippen molar-refractivity contribution in [2.75, 3.05) is 5.73 Å². The van der Waals surface area contributed by atoms with Gasteiger partial charge in [-0.25, -0.2) is 9.67 Å². The number of anilines is 1. The SMILES string of the molecule is Cn1nc(-c2cc(Cl)c(O)c(Cl)c2)c2cnc(N)nc21. The van der Waals surface area contributed by atoms with Crippen molar-refractivity contribution in [3.8, 4) is 17.0 Å². The van der Waals surface area contributed by atoms with Gasteiger partial charge in [0.2, 0.25) is 5.95 Å². The van der Waals surface area contributed by atoms with Crippen molar-refractivity contribution < 1.29 is 5.11 Å². The Morgan fingerprint density at radius 2 is 1.90 bits per heavy atom. The number of nitrogens with two attached hydrogens (primary N) is 1. The van der Waals surface area contributed by atoms with Gasteiger partial charge < -0.3 is 10.8 Å². The van der Waals surface area contributed by atoms with E-state index in [4.69, 9.17) is 28.9 Å². The monoisotopic (exact) mass is 309 g/mol. The molecule has 0 saturated carbocycles. The largest absolute Gasteiger partial charge is 0.505 e. The minimum absolute atomic E-state index is 0.155. The molecule has 1 aromatic carbocycles. The van der Waals surface area contributed by atoms with Crippen LogP contribution < -0.4 is 5.73 Å². The molecule has 3 N–H and O–H groups in total. The second kappa shape index (κ2) is 4.50. The molecule has 0 atom stereocenters. The fourth-order valence-corrected chi connectivity index (χ4v) is 2.45. The quantitative estimate of drug-likeness (QED) is 0.721. The Labute approximate surface area is 123 Å². The number of aryl methyl sites for hydroxylation is 1. The van der Waals surface area contributed by atoms with Crippen LogP contribution >= 0.6 is 23.2 Å². The zero-order valence-electron chi connectivity index (χ0n) is 10.3. The Morgan fingerprint density at radius 3 is 2.55 bits per heavy atom. The van der Waals surface area contributed by atoms with Gasteiger partial charge >= 0.3 is 0 Å². The Morgan fingerprint density at radius 1 is 1.25 bits per heavy atom. The fourth-order valence-electron chi connectivity index (χ4n) is 1.97. The van der Waals surface area contributed by atoms with E-state index in [2.05, 4.69) is 15.1 Å². The van der Waals surface area contributed by atoms with Gasteiger partial charge in [-0.3, -0.25) is 0 Å².